The molecule has 1 heterocycles. The molecule has 0 radical (unpaired) electrons. The zero-order chi connectivity index (χ0) is 16.0. The highest BCUT2D eigenvalue weighted by Crippen LogP contribution is 2.16. The SMILES string of the molecule is CN=C(NCC(C)(C)C(=O)NC)NC(C)c1ccc(C)o1.I. The van der Waals surface area contributed by atoms with Crippen molar-refractivity contribution in [3.63, 3.8) is 0 Å². The Labute approximate surface area is 149 Å². The largest absolute Gasteiger partial charge is 0.464 e. The van der Waals surface area contributed by atoms with Crippen molar-refractivity contribution in [2.45, 2.75) is 33.7 Å². The van der Waals surface area contributed by atoms with Crippen molar-refractivity contribution >= 4 is 35.8 Å². The molecule has 0 aliphatic carbocycles. The van der Waals surface area contributed by atoms with Gasteiger partial charge in [0.25, 0.3) is 0 Å². The van der Waals surface area contributed by atoms with Crippen LogP contribution in [0.4, 0.5) is 0 Å². The van der Waals surface area contributed by atoms with Gasteiger partial charge in [-0.2, -0.15) is 0 Å². The van der Waals surface area contributed by atoms with E-state index in [2.05, 4.69) is 20.9 Å². The number of rotatable bonds is 5. The lowest BCUT2D eigenvalue weighted by Crippen LogP contribution is -2.47. The van der Waals surface area contributed by atoms with Crippen LogP contribution >= 0.6 is 24.0 Å². The lowest BCUT2D eigenvalue weighted by molar-refractivity contribution is -0.128. The van der Waals surface area contributed by atoms with Crippen molar-refractivity contribution in [3.8, 4) is 0 Å². The molecule has 0 bridgehead atoms. The van der Waals surface area contributed by atoms with Gasteiger partial charge in [0.1, 0.15) is 11.5 Å². The zero-order valence-electron chi connectivity index (χ0n) is 14.1. The van der Waals surface area contributed by atoms with Crippen LogP contribution in [0.15, 0.2) is 21.5 Å². The highest BCUT2D eigenvalue weighted by Gasteiger charge is 2.26. The summed E-state index contributed by atoms with van der Waals surface area (Å²) in [4.78, 5) is 15.9. The molecule has 6 nitrogen and oxygen atoms in total. The number of amides is 1. The topological polar surface area (TPSA) is 78.7 Å². The monoisotopic (exact) mass is 422 g/mol. The first-order chi connectivity index (χ1) is 9.80. The molecule has 0 aliphatic heterocycles. The first-order valence-electron chi connectivity index (χ1n) is 7.06. The summed E-state index contributed by atoms with van der Waals surface area (Å²) in [6, 6.07) is 3.86. The Hall–Kier alpha value is -1.25. The van der Waals surface area contributed by atoms with E-state index in [1.165, 1.54) is 0 Å². The summed E-state index contributed by atoms with van der Waals surface area (Å²) < 4.78 is 5.58. The number of guanidine groups is 1. The van der Waals surface area contributed by atoms with Crippen molar-refractivity contribution in [2.24, 2.45) is 10.4 Å². The van der Waals surface area contributed by atoms with Gasteiger partial charge >= 0.3 is 0 Å². The summed E-state index contributed by atoms with van der Waals surface area (Å²) in [6.07, 6.45) is 0. The smallest absolute Gasteiger partial charge is 0.227 e. The average Bonchev–Trinajstić information content (AvgIpc) is 2.88. The second kappa shape index (κ2) is 9.02. The standard InChI is InChI=1S/C15H26N4O2.HI/c1-10-7-8-12(21-10)11(2)19-14(17-6)18-9-15(3,4)13(20)16-5;/h7-8,11H,9H2,1-6H3,(H,16,20)(H2,17,18,19);1H. The van der Waals surface area contributed by atoms with Crippen LogP contribution in [0.1, 0.15) is 38.3 Å². The van der Waals surface area contributed by atoms with E-state index in [0.29, 0.717) is 12.5 Å². The highest BCUT2D eigenvalue weighted by molar-refractivity contribution is 14.0. The quantitative estimate of drug-likeness (QED) is 0.386. The van der Waals surface area contributed by atoms with Gasteiger partial charge in [-0.3, -0.25) is 9.79 Å². The number of hydrogen-bond donors (Lipinski definition) is 3. The van der Waals surface area contributed by atoms with E-state index in [-0.39, 0.29) is 35.9 Å². The lowest BCUT2D eigenvalue weighted by atomic mass is 9.92. The molecular formula is C15H27IN4O2. The Morgan fingerprint density at radius 2 is 2.05 bits per heavy atom. The normalized spacial score (nSPS) is 13.1. The second-order valence-corrected chi connectivity index (χ2v) is 5.70. The maximum atomic E-state index is 11.8. The molecule has 3 N–H and O–H groups in total. The van der Waals surface area contributed by atoms with Gasteiger partial charge in [0.2, 0.25) is 5.91 Å². The summed E-state index contributed by atoms with van der Waals surface area (Å²) in [7, 11) is 3.33. The van der Waals surface area contributed by atoms with Gasteiger partial charge < -0.3 is 20.4 Å². The van der Waals surface area contributed by atoms with Crippen molar-refractivity contribution in [1.29, 1.82) is 0 Å². The predicted octanol–water partition coefficient (Wildman–Crippen LogP) is 2.20. The minimum atomic E-state index is -0.517. The summed E-state index contributed by atoms with van der Waals surface area (Å²) in [5, 5.41) is 9.07. The number of halogens is 1. The first kappa shape index (κ1) is 20.8. The molecule has 1 aromatic heterocycles. The lowest BCUT2D eigenvalue weighted by Gasteiger charge is -2.25. The Balaban J connectivity index is 0.00000441. The number of aryl methyl sites for hydroxylation is 1. The van der Waals surface area contributed by atoms with E-state index in [1.54, 1.807) is 14.1 Å². The number of nitrogens with zero attached hydrogens (tertiary/aromatic N) is 1. The number of furan rings is 1. The van der Waals surface area contributed by atoms with Crippen LogP contribution in [0.25, 0.3) is 0 Å². The average molecular weight is 422 g/mol. The summed E-state index contributed by atoms with van der Waals surface area (Å²) in [6.45, 7) is 8.15. The van der Waals surface area contributed by atoms with Gasteiger partial charge in [-0.15, -0.1) is 24.0 Å². The van der Waals surface area contributed by atoms with E-state index in [4.69, 9.17) is 4.42 Å². The minimum absolute atomic E-state index is 0. The predicted molar refractivity (Wildman–Crippen MR) is 99.6 cm³/mol. The maximum Gasteiger partial charge on any atom is 0.227 e. The van der Waals surface area contributed by atoms with Gasteiger partial charge in [0, 0.05) is 20.6 Å². The van der Waals surface area contributed by atoms with Gasteiger partial charge in [0.05, 0.1) is 11.5 Å². The summed E-state index contributed by atoms with van der Waals surface area (Å²) >= 11 is 0. The van der Waals surface area contributed by atoms with E-state index >= 15 is 0 Å². The number of hydrogen-bond acceptors (Lipinski definition) is 3. The third kappa shape index (κ3) is 5.86. The van der Waals surface area contributed by atoms with E-state index < -0.39 is 5.41 Å². The highest BCUT2D eigenvalue weighted by atomic mass is 127. The molecule has 0 saturated carbocycles. The fourth-order valence-electron chi connectivity index (χ4n) is 1.88. The molecule has 0 fully saturated rings. The molecule has 1 rings (SSSR count). The van der Waals surface area contributed by atoms with Crippen molar-refractivity contribution < 1.29 is 9.21 Å². The number of nitrogens with one attached hydrogen (secondary N) is 3. The van der Waals surface area contributed by atoms with Crippen LogP contribution in [-0.2, 0) is 4.79 Å². The van der Waals surface area contributed by atoms with Gasteiger partial charge in [0.15, 0.2) is 5.96 Å². The molecule has 0 aliphatic rings. The number of carbonyl (C=O) groups excluding carboxylic acids is 1. The Bertz CT molecular complexity index is 511. The Kier molecular flexibility index (Phi) is 8.50. The Morgan fingerprint density at radius 3 is 2.50 bits per heavy atom. The molecule has 1 aromatic rings. The van der Waals surface area contributed by atoms with Crippen LogP contribution in [0.5, 0.6) is 0 Å². The Morgan fingerprint density at radius 1 is 1.41 bits per heavy atom. The fourth-order valence-corrected chi connectivity index (χ4v) is 1.88. The van der Waals surface area contributed by atoms with Gasteiger partial charge in [-0.25, -0.2) is 0 Å². The minimum Gasteiger partial charge on any atom is -0.464 e. The van der Waals surface area contributed by atoms with E-state index in [9.17, 15) is 4.79 Å². The zero-order valence-corrected chi connectivity index (χ0v) is 16.4. The molecule has 1 atom stereocenters. The molecule has 22 heavy (non-hydrogen) atoms. The maximum absolute atomic E-state index is 11.8. The second-order valence-electron chi connectivity index (χ2n) is 5.70. The summed E-state index contributed by atoms with van der Waals surface area (Å²) in [5.41, 5.74) is -0.517. The molecule has 1 amide bonds. The molecule has 0 saturated heterocycles. The van der Waals surface area contributed by atoms with Crippen LogP contribution < -0.4 is 16.0 Å². The summed E-state index contributed by atoms with van der Waals surface area (Å²) in [5.74, 6) is 2.34. The van der Waals surface area contributed by atoms with Crippen LogP contribution in [0, 0.1) is 12.3 Å². The number of carbonyl (C=O) groups is 1. The van der Waals surface area contributed by atoms with Gasteiger partial charge in [-0.1, -0.05) is 0 Å². The third-order valence-corrected chi connectivity index (χ3v) is 3.30. The first-order valence-corrected chi connectivity index (χ1v) is 7.06. The van der Waals surface area contributed by atoms with Crippen molar-refractivity contribution in [1.82, 2.24) is 16.0 Å². The molecule has 0 spiro atoms. The third-order valence-electron chi connectivity index (χ3n) is 3.30. The fraction of sp³-hybridized carbons (Fsp3) is 0.600. The number of aliphatic imine (C=N–C) groups is 1. The molecule has 7 heteroatoms. The molecular weight excluding hydrogens is 395 g/mol. The molecule has 0 aromatic carbocycles. The molecule has 126 valence electrons. The van der Waals surface area contributed by atoms with Crippen molar-refractivity contribution in [2.75, 3.05) is 20.6 Å². The van der Waals surface area contributed by atoms with Crippen LogP contribution in [0.3, 0.4) is 0 Å². The van der Waals surface area contributed by atoms with Crippen LogP contribution in [-0.4, -0.2) is 32.5 Å². The molecule has 1 unspecified atom stereocenters. The van der Waals surface area contributed by atoms with Crippen LogP contribution in [0.2, 0.25) is 0 Å². The van der Waals surface area contributed by atoms with Gasteiger partial charge in [-0.05, 0) is 39.8 Å². The van der Waals surface area contributed by atoms with Crippen molar-refractivity contribution in [3.05, 3.63) is 23.7 Å². The van der Waals surface area contributed by atoms with E-state index in [0.717, 1.165) is 11.5 Å². The van der Waals surface area contributed by atoms with E-state index in [1.807, 2.05) is 39.8 Å².